The number of carboxylic acids is 1. The van der Waals surface area contributed by atoms with Crippen molar-refractivity contribution in [3.8, 4) is 5.75 Å². The molecule has 0 aromatic heterocycles. The third-order valence-electron chi connectivity index (χ3n) is 5.82. The van der Waals surface area contributed by atoms with Gasteiger partial charge in [-0.1, -0.05) is 55.5 Å². The number of methoxy groups -OCH3 is 1. The summed E-state index contributed by atoms with van der Waals surface area (Å²) in [7, 11) is 1.62. The largest absolute Gasteiger partial charge is 0.550 e. The van der Waals surface area contributed by atoms with E-state index in [4.69, 9.17) is 4.74 Å². The lowest BCUT2D eigenvalue weighted by molar-refractivity contribution is -0.697. The van der Waals surface area contributed by atoms with E-state index < -0.39 is 11.9 Å². The highest BCUT2D eigenvalue weighted by atomic mass is 16.5. The first-order chi connectivity index (χ1) is 15.4. The fourth-order valence-electron chi connectivity index (χ4n) is 3.91. The molecule has 168 valence electrons. The number of hydrogen-bond donors (Lipinski definition) is 2. The number of hydrogen-bond acceptors (Lipinski definition) is 4. The highest BCUT2D eigenvalue weighted by Crippen LogP contribution is 2.25. The van der Waals surface area contributed by atoms with Crippen LogP contribution in [0.3, 0.4) is 0 Å². The first kappa shape index (κ1) is 23.3. The third-order valence-corrected chi connectivity index (χ3v) is 5.82. The van der Waals surface area contributed by atoms with Gasteiger partial charge in [0.05, 0.1) is 20.2 Å². The van der Waals surface area contributed by atoms with Gasteiger partial charge in [0.15, 0.2) is 0 Å². The molecule has 1 heterocycles. The lowest BCUT2D eigenvalue weighted by atomic mass is 9.94. The molecule has 0 radical (unpaired) electrons. The van der Waals surface area contributed by atoms with E-state index in [1.165, 1.54) is 11.1 Å². The van der Waals surface area contributed by atoms with E-state index in [0.717, 1.165) is 41.6 Å². The van der Waals surface area contributed by atoms with Gasteiger partial charge in [0.1, 0.15) is 11.8 Å². The quantitative estimate of drug-likeness (QED) is 0.639. The van der Waals surface area contributed by atoms with Gasteiger partial charge in [-0.15, -0.1) is 0 Å². The molecule has 1 aliphatic rings. The molecule has 4 rings (SSSR count). The van der Waals surface area contributed by atoms with E-state index in [1.54, 1.807) is 21.0 Å². The first-order valence-corrected chi connectivity index (χ1v) is 10.8. The van der Waals surface area contributed by atoms with Crippen LogP contribution in [0.1, 0.15) is 42.5 Å². The Hall–Kier alpha value is -3.38. The fraction of sp³-hybridized carbons (Fsp3) is 0.308. The molecular formula is C26H30N2O4. The maximum absolute atomic E-state index is 10.9. The smallest absolute Gasteiger partial charge is 0.217 e. The Labute approximate surface area is 188 Å². The van der Waals surface area contributed by atoms with E-state index in [2.05, 4.69) is 34.9 Å². The van der Waals surface area contributed by atoms with Crippen LogP contribution in [0.25, 0.3) is 10.8 Å². The number of aliphatic carboxylic acids is 1. The van der Waals surface area contributed by atoms with Gasteiger partial charge < -0.3 is 25.3 Å². The summed E-state index contributed by atoms with van der Waals surface area (Å²) >= 11 is 0. The molecule has 0 unspecified atom stereocenters. The molecule has 1 aliphatic heterocycles. The number of carbonyl (C=O) groups excluding carboxylic acids is 2. The first-order valence-electron chi connectivity index (χ1n) is 10.8. The van der Waals surface area contributed by atoms with Gasteiger partial charge in [-0.05, 0) is 34.0 Å². The van der Waals surface area contributed by atoms with Crippen LogP contribution in [0.4, 0.5) is 0 Å². The van der Waals surface area contributed by atoms with Crippen LogP contribution in [-0.2, 0) is 16.0 Å². The maximum atomic E-state index is 10.9. The second-order valence-electron chi connectivity index (χ2n) is 8.03. The Bertz CT molecular complexity index is 1100. The van der Waals surface area contributed by atoms with E-state index in [-0.39, 0.29) is 5.91 Å². The fourth-order valence-corrected chi connectivity index (χ4v) is 3.91. The van der Waals surface area contributed by atoms with E-state index in [9.17, 15) is 14.7 Å². The number of nitrogens with two attached hydrogens (primary N) is 1. The molecule has 6 nitrogen and oxygen atoms in total. The summed E-state index contributed by atoms with van der Waals surface area (Å²) in [6, 6.07) is 20.2. The molecule has 0 spiro atoms. The average molecular weight is 435 g/mol. The van der Waals surface area contributed by atoms with Crippen molar-refractivity contribution < 1.29 is 24.7 Å². The lowest BCUT2D eigenvalue weighted by Crippen LogP contribution is -2.88. The van der Waals surface area contributed by atoms with Crippen molar-refractivity contribution in [2.75, 3.05) is 20.2 Å². The number of carboxylic acid groups (broad SMARTS) is 1. The van der Waals surface area contributed by atoms with Gasteiger partial charge in [-0.3, -0.25) is 4.79 Å². The number of carbonyl (C=O) groups is 2. The Morgan fingerprint density at radius 3 is 2.56 bits per heavy atom. The number of ether oxygens (including phenoxy) is 1. The van der Waals surface area contributed by atoms with Crippen LogP contribution >= 0.6 is 0 Å². The summed E-state index contributed by atoms with van der Waals surface area (Å²) in [4.78, 5) is 21.7. The predicted molar refractivity (Wildman–Crippen MR) is 122 cm³/mol. The molecule has 32 heavy (non-hydrogen) atoms. The van der Waals surface area contributed by atoms with E-state index in [0.29, 0.717) is 6.04 Å². The summed E-state index contributed by atoms with van der Waals surface area (Å²) in [6.07, 6.45) is 1.13. The number of benzene rings is 3. The van der Waals surface area contributed by atoms with Crippen molar-refractivity contribution in [1.82, 2.24) is 5.32 Å². The van der Waals surface area contributed by atoms with Gasteiger partial charge in [0.2, 0.25) is 5.91 Å². The zero-order valence-corrected chi connectivity index (χ0v) is 18.8. The molecule has 1 amide bonds. The third kappa shape index (κ3) is 5.86. The number of quaternary nitrogens is 1. The van der Waals surface area contributed by atoms with Crippen molar-refractivity contribution in [3.63, 3.8) is 0 Å². The van der Waals surface area contributed by atoms with Gasteiger partial charge in [0.25, 0.3) is 0 Å². The number of nitrogens with one attached hydrogen (secondary N) is 1. The molecule has 0 aliphatic carbocycles. The zero-order valence-electron chi connectivity index (χ0n) is 18.8. The van der Waals surface area contributed by atoms with Crippen LogP contribution in [0, 0.1) is 0 Å². The normalized spacial score (nSPS) is 15.7. The Morgan fingerprint density at radius 1 is 1.12 bits per heavy atom. The monoisotopic (exact) mass is 434 g/mol. The van der Waals surface area contributed by atoms with E-state index in [1.807, 2.05) is 36.4 Å². The molecule has 0 bridgehead atoms. The highest BCUT2D eigenvalue weighted by Gasteiger charge is 2.22. The molecule has 2 atom stereocenters. The highest BCUT2D eigenvalue weighted by molar-refractivity contribution is 5.86. The molecule has 0 fully saturated rings. The molecule has 3 N–H and O–H groups in total. The van der Waals surface area contributed by atoms with Gasteiger partial charge in [-0.25, -0.2) is 0 Å². The predicted octanol–water partition coefficient (Wildman–Crippen LogP) is 1.69. The van der Waals surface area contributed by atoms with Crippen molar-refractivity contribution >= 4 is 22.6 Å². The summed E-state index contributed by atoms with van der Waals surface area (Å²) in [6.45, 7) is 5.03. The second kappa shape index (κ2) is 10.8. The summed E-state index contributed by atoms with van der Waals surface area (Å²) in [5.74, 6) is -0.816. The molecular weight excluding hydrogens is 404 g/mol. The summed E-state index contributed by atoms with van der Waals surface area (Å²) < 4.78 is 5.13. The topological polar surface area (TPSA) is 95.1 Å². The standard InChI is InChI=1S/C14H14O3.C12H16N2O/c1-9(14(15)16)10-3-4-12-8-13(17-2)6-5-11(12)7-10;1-9(15)14-8-12-11-5-3-2-4-10(11)6-7-13-12/h3-9H,1-2H3,(H,15,16);2-5,12-13H,6-8H2,1H3,(H,14,15)/t9-;12-/m00/s1. The minimum absolute atomic E-state index is 0.0476. The van der Waals surface area contributed by atoms with Crippen molar-refractivity contribution in [3.05, 3.63) is 77.4 Å². The summed E-state index contributed by atoms with van der Waals surface area (Å²) in [5, 5.41) is 18.0. The SMILES string of the molecule is CC(=O)NC[C@@H]1[NH2+]CCc2ccccc21.COc1ccc2cc([C@H](C)C(=O)[O-])ccc2c1. The van der Waals surface area contributed by atoms with Gasteiger partial charge >= 0.3 is 0 Å². The average Bonchev–Trinajstić information content (AvgIpc) is 2.81. The van der Waals surface area contributed by atoms with E-state index >= 15 is 0 Å². The molecule has 0 saturated carbocycles. The van der Waals surface area contributed by atoms with Gasteiger partial charge in [-0.2, -0.15) is 0 Å². The molecule has 3 aromatic carbocycles. The van der Waals surface area contributed by atoms with Gasteiger partial charge in [0, 0.05) is 30.8 Å². The Morgan fingerprint density at radius 2 is 1.84 bits per heavy atom. The maximum Gasteiger partial charge on any atom is 0.217 e. The Balaban J connectivity index is 0.000000182. The number of fused-ring (bicyclic) bond motifs is 2. The van der Waals surface area contributed by atoms with Crippen LogP contribution in [0.2, 0.25) is 0 Å². The van der Waals surface area contributed by atoms with Crippen LogP contribution in [-0.4, -0.2) is 32.1 Å². The van der Waals surface area contributed by atoms with Crippen molar-refractivity contribution in [2.45, 2.75) is 32.2 Å². The van der Waals surface area contributed by atoms with Crippen molar-refractivity contribution in [1.29, 1.82) is 0 Å². The lowest BCUT2D eigenvalue weighted by Gasteiger charge is -2.23. The minimum atomic E-state index is -1.06. The Kier molecular flexibility index (Phi) is 7.84. The molecule has 0 saturated heterocycles. The van der Waals surface area contributed by atoms with Crippen LogP contribution in [0.5, 0.6) is 5.75 Å². The number of rotatable bonds is 5. The minimum Gasteiger partial charge on any atom is -0.550 e. The number of amides is 1. The summed E-state index contributed by atoms with van der Waals surface area (Å²) in [5.41, 5.74) is 3.55. The van der Waals surface area contributed by atoms with Crippen LogP contribution in [0.15, 0.2) is 60.7 Å². The van der Waals surface area contributed by atoms with Crippen molar-refractivity contribution in [2.24, 2.45) is 0 Å². The second-order valence-corrected chi connectivity index (χ2v) is 8.03. The zero-order chi connectivity index (χ0) is 23.1. The van der Waals surface area contributed by atoms with Crippen LogP contribution < -0.4 is 20.5 Å². The molecule has 3 aromatic rings. The molecule has 6 heteroatoms.